The summed E-state index contributed by atoms with van der Waals surface area (Å²) in [6.45, 7) is 17.0. The van der Waals surface area contributed by atoms with Gasteiger partial charge in [-0.05, 0) is 37.2 Å². The molecule has 1 N–H and O–H groups in total. The monoisotopic (exact) mass is 261 g/mol. The van der Waals surface area contributed by atoms with Crippen molar-refractivity contribution in [2.75, 3.05) is 6.54 Å². The van der Waals surface area contributed by atoms with Gasteiger partial charge in [-0.1, -0.05) is 63.9 Å². The maximum Gasteiger partial charge on any atom is 0.00132 e. The third-order valence-electron chi connectivity index (χ3n) is 4.20. The Bertz CT molecular complexity index is 386. The molecule has 0 amide bonds. The van der Waals surface area contributed by atoms with Gasteiger partial charge < -0.3 is 5.32 Å². The lowest BCUT2D eigenvalue weighted by Gasteiger charge is -2.35. The Morgan fingerprint density at radius 2 is 1.53 bits per heavy atom. The molecule has 0 aliphatic carbocycles. The van der Waals surface area contributed by atoms with Crippen LogP contribution in [0.1, 0.15) is 51.3 Å². The Balaban J connectivity index is 2.88. The zero-order valence-electron chi connectivity index (χ0n) is 13.8. The van der Waals surface area contributed by atoms with Crippen molar-refractivity contribution in [3.63, 3.8) is 0 Å². The highest BCUT2D eigenvalue weighted by molar-refractivity contribution is 5.29. The normalized spacial score (nSPS) is 15.0. The zero-order chi connectivity index (χ0) is 14.6. The molecular formula is C18H31N. The van der Waals surface area contributed by atoms with Gasteiger partial charge in [0.2, 0.25) is 0 Å². The minimum atomic E-state index is 0.310. The van der Waals surface area contributed by atoms with Gasteiger partial charge in [0.1, 0.15) is 0 Å². The van der Waals surface area contributed by atoms with Crippen molar-refractivity contribution in [1.82, 2.24) is 5.32 Å². The van der Waals surface area contributed by atoms with Gasteiger partial charge in [0.25, 0.3) is 0 Å². The molecule has 0 heterocycles. The summed E-state index contributed by atoms with van der Waals surface area (Å²) in [5.74, 6) is 0.666. The van der Waals surface area contributed by atoms with E-state index >= 15 is 0 Å². The van der Waals surface area contributed by atoms with Crippen LogP contribution in [0.25, 0.3) is 0 Å². The van der Waals surface area contributed by atoms with Crippen LogP contribution in [0.2, 0.25) is 0 Å². The number of hydrogen-bond donors (Lipinski definition) is 1. The standard InChI is InChI=1S/C18H31N/c1-13(2)18(7,12-19-14(3)4)11-17-9-15(5)8-16(6)10-17/h8-10,13-14,19H,11-12H2,1-7H3. The average molecular weight is 261 g/mol. The molecule has 1 atom stereocenters. The second-order valence-electron chi connectivity index (χ2n) is 7.02. The van der Waals surface area contributed by atoms with Crippen LogP contribution in [0, 0.1) is 25.2 Å². The fourth-order valence-corrected chi connectivity index (χ4v) is 2.55. The van der Waals surface area contributed by atoms with Crippen LogP contribution >= 0.6 is 0 Å². The van der Waals surface area contributed by atoms with Gasteiger partial charge in [0, 0.05) is 12.6 Å². The summed E-state index contributed by atoms with van der Waals surface area (Å²) < 4.78 is 0. The van der Waals surface area contributed by atoms with Crippen molar-refractivity contribution in [3.8, 4) is 0 Å². The van der Waals surface area contributed by atoms with Gasteiger partial charge in [-0.25, -0.2) is 0 Å². The smallest absolute Gasteiger partial charge is 0.00132 e. The molecule has 1 rings (SSSR count). The highest BCUT2D eigenvalue weighted by atomic mass is 14.9. The maximum absolute atomic E-state index is 3.62. The van der Waals surface area contributed by atoms with E-state index in [0.717, 1.165) is 13.0 Å². The SMILES string of the molecule is Cc1cc(C)cc(CC(C)(CNC(C)C)C(C)C)c1. The minimum Gasteiger partial charge on any atom is -0.314 e. The molecule has 1 aromatic rings. The molecule has 0 spiro atoms. The fourth-order valence-electron chi connectivity index (χ4n) is 2.55. The summed E-state index contributed by atoms with van der Waals surface area (Å²) in [5, 5.41) is 3.62. The lowest BCUT2D eigenvalue weighted by Crippen LogP contribution is -2.40. The number of nitrogens with one attached hydrogen (secondary N) is 1. The van der Waals surface area contributed by atoms with Crippen molar-refractivity contribution in [3.05, 3.63) is 34.9 Å². The Morgan fingerprint density at radius 3 is 1.95 bits per heavy atom. The second kappa shape index (κ2) is 6.56. The van der Waals surface area contributed by atoms with Crippen molar-refractivity contribution in [2.45, 2.75) is 60.9 Å². The van der Waals surface area contributed by atoms with E-state index in [2.05, 4.69) is 72.0 Å². The van der Waals surface area contributed by atoms with Crippen LogP contribution in [-0.4, -0.2) is 12.6 Å². The van der Waals surface area contributed by atoms with E-state index in [1.807, 2.05) is 0 Å². The van der Waals surface area contributed by atoms with E-state index in [1.54, 1.807) is 0 Å². The molecule has 19 heavy (non-hydrogen) atoms. The first kappa shape index (κ1) is 16.2. The fraction of sp³-hybridized carbons (Fsp3) is 0.667. The molecule has 0 aliphatic rings. The highest BCUT2D eigenvalue weighted by Gasteiger charge is 2.28. The Morgan fingerprint density at radius 1 is 1.00 bits per heavy atom. The molecule has 0 radical (unpaired) electrons. The number of rotatable bonds is 6. The molecule has 1 nitrogen and oxygen atoms in total. The summed E-state index contributed by atoms with van der Waals surface area (Å²) in [6, 6.07) is 7.48. The van der Waals surface area contributed by atoms with Crippen LogP contribution in [-0.2, 0) is 6.42 Å². The van der Waals surface area contributed by atoms with Crippen molar-refractivity contribution >= 4 is 0 Å². The summed E-state index contributed by atoms with van der Waals surface area (Å²) in [4.78, 5) is 0. The van der Waals surface area contributed by atoms with E-state index in [9.17, 15) is 0 Å². The van der Waals surface area contributed by atoms with Gasteiger partial charge in [-0.15, -0.1) is 0 Å². The van der Waals surface area contributed by atoms with E-state index in [0.29, 0.717) is 17.4 Å². The maximum atomic E-state index is 3.62. The lowest BCUT2D eigenvalue weighted by atomic mass is 9.74. The summed E-state index contributed by atoms with van der Waals surface area (Å²) in [7, 11) is 0. The van der Waals surface area contributed by atoms with Crippen LogP contribution in [0.15, 0.2) is 18.2 Å². The topological polar surface area (TPSA) is 12.0 Å². The zero-order valence-corrected chi connectivity index (χ0v) is 13.8. The van der Waals surface area contributed by atoms with Crippen molar-refractivity contribution < 1.29 is 0 Å². The van der Waals surface area contributed by atoms with Gasteiger partial charge >= 0.3 is 0 Å². The third-order valence-corrected chi connectivity index (χ3v) is 4.20. The third kappa shape index (κ3) is 4.99. The first-order valence-corrected chi connectivity index (χ1v) is 7.53. The first-order chi connectivity index (χ1) is 8.73. The van der Waals surface area contributed by atoms with Crippen molar-refractivity contribution in [1.29, 1.82) is 0 Å². The highest BCUT2D eigenvalue weighted by Crippen LogP contribution is 2.31. The van der Waals surface area contributed by atoms with E-state index in [1.165, 1.54) is 16.7 Å². The summed E-state index contributed by atoms with van der Waals surface area (Å²) >= 11 is 0. The molecule has 1 unspecified atom stereocenters. The molecule has 0 aliphatic heterocycles. The molecule has 1 heteroatoms. The molecule has 0 saturated heterocycles. The first-order valence-electron chi connectivity index (χ1n) is 7.53. The van der Waals surface area contributed by atoms with E-state index in [4.69, 9.17) is 0 Å². The minimum absolute atomic E-state index is 0.310. The van der Waals surface area contributed by atoms with E-state index < -0.39 is 0 Å². The van der Waals surface area contributed by atoms with Gasteiger partial charge in [0.15, 0.2) is 0 Å². The summed E-state index contributed by atoms with van der Waals surface area (Å²) in [5.41, 5.74) is 4.53. The molecule has 0 fully saturated rings. The molecule has 0 saturated carbocycles. The molecule has 0 bridgehead atoms. The van der Waals surface area contributed by atoms with E-state index in [-0.39, 0.29) is 0 Å². The van der Waals surface area contributed by atoms with Crippen LogP contribution < -0.4 is 5.32 Å². The predicted molar refractivity (Wildman–Crippen MR) is 85.7 cm³/mol. The van der Waals surface area contributed by atoms with Crippen LogP contribution in [0.4, 0.5) is 0 Å². The molecule has 0 aromatic heterocycles. The Hall–Kier alpha value is -0.820. The second-order valence-corrected chi connectivity index (χ2v) is 7.02. The largest absolute Gasteiger partial charge is 0.314 e. The Kier molecular flexibility index (Phi) is 5.61. The van der Waals surface area contributed by atoms with Crippen LogP contribution in [0.3, 0.4) is 0 Å². The van der Waals surface area contributed by atoms with Gasteiger partial charge in [-0.2, -0.15) is 0 Å². The quantitative estimate of drug-likeness (QED) is 0.794. The van der Waals surface area contributed by atoms with Crippen LogP contribution in [0.5, 0.6) is 0 Å². The average Bonchev–Trinajstić information content (AvgIpc) is 2.24. The van der Waals surface area contributed by atoms with Crippen molar-refractivity contribution in [2.24, 2.45) is 11.3 Å². The number of hydrogen-bond acceptors (Lipinski definition) is 1. The predicted octanol–water partition coefficient (Wildman–Crippen LogP) is 4.51. The Labute approximate surface area is 119 Å². The lowest BCUT2D eigenvalue weighted by molar-refractivity contribution is 0.202. The molecule has 1 aromatic carbocycles. The number of aryl methyl sites for hydroxylation is 2. The number of benzene rings is 1. The molecule has 108 valence electrons. The van der Waals surface area contributed by atoms with Gasteiger partial charge in [0.05, 0.1) is 0 Å². The molecular weight excluding hydrogens is 230 g/mol. The summed E-state index contributed by atoms with van der Waals surface area (Å²) in [6.07, 6.45) is 1.15. The van der Waals surface area contributed by atoms with Gasteiger partial charge in [-0.3, -0.25) is 0 Å².